The van der Waals surface area contributed by atoms with Gasteiger partial charge in [-0.25, -0.2) is 9.59 Å². The molecular weight excluding hydrogens is 254 g/mol. The molecule has 1 aromatic carbocycles. The second-order valence-corrected chi connectivity index (χ2v) is 3.52. The monoisotopic (exact) mass is 263 g/mol. The van der Waals surface area contributed by atoms with Gasteiger partial charge in [0.25, 0.3) is 5.56 Å². The van der Waals surface area contributed by atoms with Crippen LogP contribution in [0.3, 0.4) is 0 Å². The molecule has 98 valence electrons. The Bertz CT molecular complexity index is 729. The van der Waals surface area contributed by atoms with Gasteiger partial charge in [-0.05, 0) is 24.3 Å². The van der Waals surface area contributed by atoms with E-state index in [9.17, 15) is 14.4 Å². The van der Waals surface area contributed by atoms with Crippen molar-refractivity contribution in [1.82, 2.24) is 14.8 Å². The summed E-state index contributed by atoms with van der Waals surface area (Å²) in [7, 11) is 1.49. The van der Waals surface area contributed by atoms with Crippen LogP contribution in [-0.2, 0) is 0 Å². The lowest BCUT2D eigenvalue weighted by Gasteiger charge is -2.05. The Kier molecular flexibility index (Phi) is 3.15. The number of nitrogens with one attached hydrogen (secondary N) is 1. The highest BCUT2D eigenvalue weighted by Crippen LogP contribution is 2.12. The number of H-pyrrole nitrogens is 1. The van der Waals surface area contributed by atoms with Gasteiger partial charge in [0.2, 0.25) is 5.69 Å². The van der Waals surface area contributed by atoms with E-state index in [1.165, 1.54) is 19.2 Å². The Morgan fingerprint density at radius 1 is 1.32 bits per heavy atom. The number of hydrogen-bond acceptors (Lipinski definition) is 5. The summed E-state index contributed by atoms with van der Waals surface area (Å²) in [6.07, 6.45) is 0. The maximum Gasteiger partial charge on any atom is 0.362 e. The number of aromatic carboxylic acids is 1. The van der Waals surface area contributed by atoms with Crippen molar-refractivity contribution in [2.75, 3.05) is 7.11 Å². The van der Waals surface area contributed by atoms with Gasteiger partial charge in [0.05, 0.1) is 12.8 Å². The van der Waals surface area contributed by atoms with Crippen LogP contribution in [0.15, 0.2) is 33.9 Å². The van der Waals surface area contributed by atoms with E-state index in [4.69, 9.17) is 9.84 Å². The number of carbonyl (C=O) groups is 1. The number of aromatic amines is 1. The molecule has 0 aliphatic carbocycles. The molecule has 2 rings (SSSR count). The van der Waals surface area contributed by atoms with E-state index in [2.05, 4.69) is 5.10 Å². The average Bonchev–Trinajstić information content (AvgIpc) is 2.38. The Hall–Kier alpha value is -2.90. The fourth-order valence-corrected chi connectivity index (χ4v) is 1.44. The topological polar surface area (TPSA) is 114 Å². The highest BCUT2D eigenvalue weighted by atomic mass is 16.5. The van der Waals surface area contributed by atoms with Crippen molar-refractivity contribution in [1.29, 1.82) is 0 Å². The SMILES string of the molecule is COc1ccc(-n2nc(C(=O)O)c(=O)[nH]c2=O)cc1. The zero-order valence-electron chi connectivity index (χ0n) is 9.78. The van der Waals surface area contributed by atoms with Crippen molar-refractivity contribution in [2.45, 2.75) is 0 Å². The van der Waals surface area contributed by atoms with E-state index in [-0.39, 0.29) is 0 Å². The maximum atomic E-state index is 11.6. The van der Waals surface area contributed by atoms with Crippen molar-refractivity contribution in [3.05, 3.63) is 50.8 Å². The highest BCUT2D eigenvalue weighted by molar-refractivity contribution is 5.84. The van der Waals surface area contributed by atoms with Crippen LogP contribution < -0.4 is 16.0 Å². The Morgan fingerprint density at radius 3 is 2.47 bits per heavy atom. The number of methoxy groups -OCH3 is 1. The first-order chi connectivity index (χ1) is 9.02. The number of benzene rings is 1. The summed E-state index contributed by atoms with van der Waals surface area (Å²) >= 11 is 0. The fourth-order valence-electron chi connectivity index (χ4n) is 1.44. The van der Waals surface area contributed by atoms with E-state index < -0.39 is 22.9 Å². The largest absolute Gasteiger partial charge is 0.497 e. The molecule has 0 amide bonds. The van der Waals surface area contributed by atoms with Crippen molar-refractivity contribution in [3.8, 4) is 11.4 Å². The predicted octanol–water partition coefficient (Wildman–Crippen LogP) is -0.372. The molecule has 0 saturated carbocycles. The third-order valence-corrected chi connectivity index (χ3v) is 2.35. The predicted molar refractivity (Wildman–Crippen MR) is 64.0 cm³/mol. The minimum absolute atomic E-state index is 0.310. The number of nitrogens with zero attached hydrogens (tertiary/aromatic N) is 2. The van der Waals surface area contributed by atoms with E-state index in [1.54, 1.807) is 12.1 Å². The number of aromatic nitrogens is 3. The molecule has 8 heteroatoms. The van der Waals surface area contributed by atoms with Crippen LogP contribution in [0.4, 0.5) is 0 Å². The van der Waals surface area contributed by atoms with Crippen molar-refractivity contribution in [2.24, 2.45) is 0 Å². The molecule has 1 heterocycles. The van der Waals surface area contributed by atoms with Gasteiger partial charge in [0.15, 0.2) is 0 Å². The smallest absolute Gasteiger partial charge is 0.362 e. The maximum absolute atomic E-state index is 11.6. The number of hydrogen-bond donors (Lipinski definition) is 2. The normalized spacial score (nSPS) is 10.2. The zero-order chi connectivity index (χ0) is 14.0. The van der Waals surface area contributed by atoms with Crippen LogP contribution in [0.5, 0.6) is 5.75 Å². The van der Waals surface area contributed by atoms with Crippen LogP contribution in [0.25, 0.3) is 5.69 Å². The molecule has 0 unspecified atom stereocenters. The van der Waals surface area contributed by atoms with Gasteiger partial charge in [-0.2, -0.15) is 9.78 Å². The summed E-state index contributed by atoms with van der Waals surface area (Å²) in [5.74, 6) is -0.941. The summed E-state index contributed by atoms with van der Waals surface area (Å²) in [5, 5.41) is 12.3. The fraction of sp³-hybridized carbons (Fsp3) is 0.0909. The van der Waals surface area contributed by atoms with Gasteiger partial charge >= 0.3 is 11.7 Å². The lowest BCUT2D eigenvalue weighted by molar-refractivity contribution is 0.0685. The molecule has 0 spiro atoms. The molecule has 2 N–H and O–H groups in total. The third-order valence-electron chi connectivity index (χ3n) is 2.35. The molecule has 0 fully saturated rings. The lowest BCUT2D eigenvalue weighted by Crippen LogP contribution is -2.35. The summed E-state index contributed by atoms with van der Waals surface area (Å²) in [5.41, 5.74) is -2.30. The Morgan fingerprint density at radius 2 is 1.95 bits per heavy atom. The molecule has 0 aliphatic rings. The van der Waals surface area contributed by atoms with Crippen molar-refractivity contribution < 1.29 is 14.6 Å². The average molecular weight is 263 g/mol. The quantitative estimate of drug-likeness (QED) is 0.780. The first-order valence-electron chi connectivity index (χ1n) is 5.14. The zero-order valence-corrected chi connectivity index (χ0v) is 9.78. The van der Waals surface area contributed by atoms with E-state index in [0.717, 1.165) is 4.68 Å². The van der Waals surface area contributed by atoms with Crippen LogP contribution >= 0.6 is 0 Å². The summed E-state index contributed by atoms with van der Waals surface area (Å²) in [6.45, 7) is 0. The molecule has 8 nitrogen and oxygen atoms in total. The van der Waals surface area contributed by atoms with Crippen LogP contribution in [0.1, 0.15) is 10.5 Å². The van der Waals surface area contributed by atoms with E-state index in [1.807, 2.05) is 4.98 Å². The number of ether oxygens (including phenoxy) is 1. The third kappa shape index (κ3) is 2.37. The second kappa shape index (κ2) is 4.77. The van der Waals surface area contributed by atoms with Gasteiger partial charge in [-0.15, -0.1) is 0 Å². The van der Waals surface area contributed by atoms with E-state index in [0.29, 0.717) is 11.4 Å². The summed E-state index contributed by atoms with van der Waals surface area (Å²) < 4.78 is 5.75. The van der Waals surface area contributed by atoms with Gasteiger partial charge in [-0.1, -0.05) is 0 Å². The number of carboxylic acids is 1. The number of rotatable bonds is 3. The molecule has 0 radical (unpaired) electrons. The minimum atomic E-state index is -1.51. The molecule has 1 aromatic heterocycles. The van der Waals surface area contributed by atoms with Crippen LogP contribution in [0.2, 0.25) is 0 Å². The minimum Gasteiger partial charge on any atom is -0.497 e. The Labute approximate surface area is 105 Å². The second-order valence-electron chi connectivity index (χ2n) is 3.52. The highest BCUT2D eigenvalue weighted by Gasteiger charge is 2.14. The van der Waals surface area contributed by atoms with Crippen LogP contribution in [0, 0.1) is 0 Å². The first kappa shape index (κ1) is 12.6. The molecule has 0 aliphatic heterocycles. The molecule has 0 atom stereocenters. The van der Waals surface area contributed by atoms with Crippen molar-refractivity contribution in [3.63, 3.8) is 0 Å². The van der Waals surface area contributed by atoms with Crippen LogP contribution in [-0.4, -0.2) is 33.0 Å². The molecule has 0 bridgehead atoms. The molecular formula is C11H9N3O5. The standard InChI is InChI=1S/C11H9N3O5/c1-19-7-4-2-6(3-5-7)14-11(18)12-9(15)8(13-14)10(16)17/h2-5H,1H3,(H,16,17)(H,12,15,18). The van der Waals surface area contributed by atoms with Gasteiger partial charge in [0, 0.05) is 0 Å². The summed E-state index contributed by atoms with van der Waals surface area (Å²) in [4.78, 5) is 35.5. The summed E-state index contributed by atoms with van der Waals surface area (Å²) in [6, 6.07) is 6.18. The molecule has 2 aromatic rings. The number of carboxylic acid groups (broad SMARTS) is 1. The Balaban J connectivity index is 2.61. The molecule has 19 heavy (non-hydrogen) atoms. The van der Waals surface area contributed by atoms with Gasteiger partial charge in [-0.3, -0.25) is 9.78 Å². The van der Waals surface area contributed by atoms with E-state index >= 15 is 0 Å². The van der Waals surface area contributed by atoms with Crippen molar-refractivity contribution >= 4 is 5.97 Å². The first-order valence-corrected chi connectivity index (χ1v) is 5.14. The van der Waals surface area contributed by atoms with Gasteiger partial charge in [0.1, 0.15) is 5.75 Å². The van der Waals surface area contributed by atoms with Gasteiger partial charge < -0.3 is 9.84 Å². The molecule has 0 saturated heterocycles. The lowest BCUT2D eigenvalue weighted by atomic mass is 10.3.